The van der Waals surface area contributed by atoms with Gasteiger partial charge < -0.3 is 5.11 Å². The first kappa shape index (κ1) is 19.0. The maximum absolute atomic E-state index is 10.7. The van der Waals surface area contributed by atoms with Gasteiger partial charge in [0.25, 0.3) is 0 Å². The van der Waals surface area contributed by atoms with Crippen molar-refractivity contribution in [2.24, 2.45) is 11.8 Å². The highest BCUT2D eigenvalue weighted by Gasteiger charge is 2.35. The molecule has 0 aromatic heterocycles. The molecule has 21 heavy (non-hydrogen) atoms. The third kappa shape index (κ3) is 8.86. The Morgan fingerprint density at radius 1 is 0.762 bits per heavy atom. The second-order valence-corrected chi connectivity index (χ2v) is 8.01. The molecule has 1 saturated carbocycles. The van der Waals surface area contributed by atoms with Gasteiger partial charge in [-0.3, -0.25) is 0 Å². The lowest BCUT2D eigenvalue weighted by atomic mass is 9.72. The van der Waals surface area contributed by atoms with Crippen molar-refractivity contribution in [1.82, 2.24) is 0 Å². The van der Waals surface area contributed by atoms with Gasteiger partial charge in [-0.2, -0.15) is 0 Å². The summed E-state index contributed by atoms with van der Waals surface area (Å²) in [5, 5.41) is 10.7. The van der Waals surface area contributed by atoms with E-state index in [1.165, 1.54) is 70.6 Å². The Kier molecular flexibility index (Phi) is 9.64. The summed E-state index contributed by atoms with van der Waals surface area (Å²) in [6.45, 7) is 6.89. The van der Waals surface area contributed by atoms with Crippen molar-refractivity contribution in [2.75, 3.05) is 0 Å². The van der Waals surface area contributed by atoms with Gasteiger partial charge in [0.05, 0.1) is 5.60 Å². The Morgan fingerprint density at radius 3 is 1.67 bits per heavy atom. The van der Waals surface area contributed by atoms with Crippen molar-refractivity contribution in [3.05, 3.63) is 0 Å². The van der Waals surface area contributed by atoms with E-state index in [1.54, 1.807) is 0 Å². The molecule has 1 aliphatic rings. The maximum Gasteiger partial charge on any atom is 0.0652 e. The Bertz CT molecular complexity index is 238. The zero-order valence-corrected chi connectivity index (χ0v) is 15.0. The van der Waals surface area contributed by atoms with Crippen LogP contribution < -0.4 is 0 Å². The molecule has 0 spiro atoms. The Labute approximate surface area is 133 Å². The van der Waals surface area contributed by atoms with Crippen molar-refractivity contribution < 1.29 is 5.11 Å². The maximum atomic E-state index is 10.7. The van der Waals surface area contributed by atoms with Crippen LogP contribution in [0.5, 0.6) is 0 Å². The van der Waals surface area contributed by atoms with Crippen LogP contribution in [0.4, 0.5) is 0 Å². The first-order valence-corrected chi connectivity index (χ1v) is 9.78. The van der Waals surface area contributed by atoms with E-state index in [4.69, 9.17) is 0 Å². The standard InChI is InChI=1S/C20H40O/c1-4-5-6-7-8-9-10-11-12-13-14-20(21)16-18(2)15-19(3)17-20/h18-19,21H,4-17H2,1-3H3. The summed E-state index contributed by atoms with van der Waals surface area (Å²) in [6.07, 6.45) is 18.2. The molecule has 1 aliphatic carbocycles. The molecule has 0 bridgehead atoms. The van der Waals surface area contributed by atoms with Crippen molar-refractivity contribution in [3.63, 3.8) is 0 Å². The molecule has 1 N–H and O–H groups in total. The fraction of sp³-hybridized carbons (Fsp3) is 1.00. The van der Waals surface area contributed by atoms with Crippen LogP contribution in [-0.2, 0) is 0 Å². The minimum absolute atomic E-state index is 0.336. The summed E-state index contributed by atoms with van der Waals surface area (Å²) >= 11 is 0. The first-order chi connectivity index (χ1) is 10.1. The van der Waals surface area contributed by atoms with E-state index in [1.807, 2.05) is 0 Å². The van der Waals surface area contributed by atoms with E-state index >= 15 is 0 Å². The smallest absolute Gasteiger partial charge is 0.0652 e. The van der Waals surface area contributed by atoms with Gasteiger partial charge in [0, 0.05) is 0 Å². The summed E-state index contributed by atoms with van der Waals surface area (Å²) < 4.78 is 0. The second-order valence-electron chi connectivity index (χ2n) is 8.01. The number of unbranched alkanes of at least 4 members (excludes halogenated alkanes) is 9. The lowest BCUT2D eigenvalue weighted by Crippen LogP contribution is -2.37. The van der Waals surface area contributed by atoms with Crippen LogP contribution in [0.3, 0.4) is 0 Å². The summed E-state index contributed by atoms with van der Waals surface area (Å²) in [5.74, 6) is 1.42. The second kappa shape index (κ2) is 10.6. The van der Waals surface area contributed by atoms with Gasteiger partial charge >= 0.3 is 0 Å². The number of aliphatic hydroxyl groups is 1. The molecule has 0 aromatic carbocycles. The van der Waals surface area contributed by atoms with Crippen molar-refractivity contribution >= 4 is 0 Å². The molecule has 0 aliphatic heterocycles. The monoisotopic (exact) mass is 296 g/mol. The molecule has 1 fully saturated rings. The van der Waals surface area contributed by atoms with Gasteiger partial charge in [-0.05, 0) is 37.5 Å². The van der Waals surface area contributed by atoms with E-state index in [-0.39, 0.29) is 5.60 Å². The normalized spacial score (nSPS) is 29.7. The zero-order valence-electron chi connectivity index (χ0n) is 15.0. The van der Waals surface area contributed by atoms with Gasteiger partial charge in [0.1, 0.15) is 0 Å². The Balaban J connectivity index is 1.96. The molecular weight excluding hydrogens is 256 g/mol. The Hall–Kier alpha value is -0.0400. The predicted molar refractivity (Wildman–Crippen MR) is 93.6 cm³/mol. The van der Waals surface area contributed by atoms with Crippen molar-refractivity contribution in [2.45, 2.75) is 116 Å². The average molecular weight is 297 g/mol. The third-order valence-electron chi connectivity index (χ3n) is 5.26. The first-order valence-electron chi connectivity index (χ1n) is 9.78. The van der Waals surface area contributed by atoms with Gasteiger partial charge in [-0.25, -0.2) is 0 Å². The largest absolute Gasteiger partial charge is 0.390 e. The number of hydrogen-bond acceptors (Lipinski definition) is 1. The van der Waals surface area contributed by atoms with Crippen LogP contribution in [0, 0.1) is 11.8 Å². The molecule has 126 valence electrons. The lowest BCUT2D eigenvalue weighted by Gasteiger charge is -2.39. The van der Waals surface area contributed by atoms with Crippen molar-refractivity contribution in [3.8, 4) is 0 Å². The SMILES string of the molecule is CCCCCCCCCCCCC1(O)CC(C)CC(C)C1. The molecular formula is C20H40O. The molecule has 0 amide bonds. The molecule has 1 heteroatoms. The molecule has 2 atom stereocenters. The fourth-order valence-electron chi connectivity index (χ4n) is 4.38. The highest BCUT2D eigenvalue weighted by molar-refractivity contribution is 4.87. The fourth-order valence-corrected chi connectivity index (χ4v) is 4.38. The predicted octanol–water partition coefficient (Wildman–Crippen LogP) is 6.48. The lowest BCUT2D eigenvalue weighted by molar-refractivity contribution is -0.0392. The van der Waals surface area contributed by atoms with E-state index < -0.39 is 0 Å². The quantitative estimate of drug-likeness (QED) is 0.432. The third-order valence-corrected chi connectivity index (χ3v) is 5.26. The van der Waals surface area contributed by atoms with E-state index in [9.17, 15) is 5.11 Å². The summed E-state index contributed by atoms with van der Waals surface area (Å²) in [6, 6.07) is 0. The van der Waals surface area contributed by atoms with Crippen LogP contribution in [0.2, 0.25) is 0 Å². The molecule has 2 unspecified atom stereocenters. The van der Waals surface area contributed by atoms with Gasteiger partial charge in [0.15, 0.2) is 0 Å². The topological polar surface area (TPSA) is 20.2 Å². The van der Waals surface area contributed by atoms with E-state index in [0.29, 0.717) is 11.8 Å². The minimum Gasteiger partial charge on any atom is -0.390 e. The molecule has 0 aromatic rings. The minimum atomic E-state index is -0.336. The van der Waals surface area contributed by atoms with E-state index in [0.717, 1.165) is 19.3 Å². The molecule has 0 radical (unpaired) electrons. The molecule has 0 saturated heterocycles. The highest BCUT2D eigenvalue weighted by Crippen LogP contribution is 2.38. The van der Waals surface area contributed by atoms with E-state index in [2.05, 4.69) is 20.8 Å². The van der Waals surface area contributed by atoms with Crippen LogP contribution in [0.15, 0.2) is 0 Å². The number of rotatable bonds is 11. The van der Waals surface area contributed by atoms with Crippen LogP contribution >= 0.6 is 0 Å². The summed E-state index contributed by atoms with van der Waals surface area (Å²) in [4.78, 5) is 0. The average Bonchev–Trinajstić information content (AvgIpc) is 2.39. The zero-order chi connectivity index (χ0) is 15.6. The molecule has 1 nitrogen and oxygen atoms in total. The molecule has 1 rings (SSSR count). The van der Waals surface area contributed by atoms with Gasteiger partial charge in [-0.15, -0.1) is 0 Å². The van der Waals surface area contributed by atoms with Crippen LogP contribution in [0.1, 0.15) is 111 Å². The van der Waals surface area contributed by atoms with Crippen LogP contribution in [0.25, 0.3) is 0 Å². The van der Waals surface area contributed by atoms with Gasteiger partial charge in [0.2, 0.25) is 0 Å². The number of hydrogen-bond donors (Lipinski definition) is 1. The van der Waals surface area contributed by atoms with Crippen molar-refractivity contribution in [1.29, 1.82) is 0 Å². The summed E-state index contributed by atoms with van der Waals surface area (Å²) in [7, 11) is 0. The highest BCUT2D eigenvalue weighted by atomic mass is 16.3. The van der Waals surface area contributed by atoms with Crippen LogP contribution in [-0.4, -0.2) is 10.7 Å². The Morgan fingerprint density at radius 2 is 1.19 bits per heavy atom. The molecule has 0 heterocycles. The van der Waals surface area contributed by atoms with Gasteiger partial charge in [-0.1, -0.05) is 85.0 Å². The summed E-state index contributed by atoms with van der Waals surface area (Å²) in [5.41, 5.74) is -0.336.